The van der Waals surface area contributed by atoms with E-state index in [-0.39, 0.29) is 0 Å². The smallest absolute Gasteiger partial charge is 0.136 e. The number of fused-ring (bicyclic) bond motifs is 10. The number of hydrogen-bond acceptors (Lipinski definition) is 1. The van der Waals surface area contributed by atoms with Gasteiger partial charge >= 0.3 is 0 Å². The number of benzene rings is 13. The van der Waals surface area contributed by atoms with E-state index in [2.05, 4.69) is 265 Å². The molecule has 15 rings (SSSR count). The van der Waals surface area contributed by atoms with Gasteiger partial charge in [0.1, 0.15) is 11.2 Å². The van der Waals surface area contributed by atoms with Gasteiger partial charge in [0.05, 0.1) is 16.7 Å². The third-order valence-corrected chi connectivity index (χ3v) is 15.1. The third-order valence-electron chi connectivity index (χ3n) is 15.1. The van der Waals surface area contributed by atoms with Crippen LogP contribution in [0.15, 0.2) is 265 Å². The molecule has 2 nitrogen and oxygen atoms in total. The first kappa shape index (κ1) is 40.4. The zero-order chi connectivity index (χ0) is 47.3. The Labute approximate surface area is 415 Å². The molecule has 0 unspecified atom stereocenters. The molecule has 0 bridgehead atoms. The van der Waals surface area contributed by atoms with Crippen LogP contribution in [-0.2, 0) is 0 Å². The van der Waals surface area contributed by atoms with Gasteiger partial charge in [-0.1, -0.05) is 212 Å². The Morgan fingerprint density at radius 3 is 1.06 bits per heavy atom. The van der Waals surface area contributed by atoms with Crippen molar-refractivity contribution >= 4 is 86.8 Å². The molecule has 0 saturated heterocycles. The van der Waals surface area contributed by atoms with E-state index < -0.39 is 0 Å². The Morgan fingerprint density at radius 2 is 0.569 bits per heavy atom. The summed E-state index contributed by atoms with van der Waals surface area (Å²) in [6.45, 7) is 0. The van der Waals surface area contributed by atoms with Crippen molar-refractivity contribution in [3.8, 4) is 61.3 Å². The van der Waals surface area contributed by atoms with E-state index in [4.69, 9.17) is 4.42 Å². The zero-order valence-corrected chi connectivity index (χ0v) is 39.2. The van der Waals surface area contributed by atoms with E-state index in [0.717, 1.165) is 33.1 Å². The van der Waals surface area contributed by atoms with Crippen LogP contribution in [0.5, 0.6) is 0 Å². The van der Waals surface area contributed by atoms with E-state index in [0.29, 0.717) is 0 Å². The first-order chi connectivity index (χ1) is 35.7. The summed E-state index contributed by atoms with van der Waals surface area (Å²) < 4.78 is 9.34. The maximum Gasteiger partial charge on any atom is 0.136 e. The van der Waals surface area contributed by atoms with E-state index in [1.807, 2.05) is 0 Å². The molecular weight excluding hydrogens is 871 g/mol. The van der Waals surface area contributed by atoms with Gasteiger partial charge in [-0.25, -0.2) is 0 Å². The maximum atomic E-state index is 6.82. The van der Waals surface area contributed by atoms with Gasteiger partial charge in [-0.15, -0.1) is 0 Å². The van der Waals surface area contributed by atoms with Crippen molar-refractivity contribution in [1.82, 2.24) is 4.57 Å². The minimum atomic E-state index is 0.875. The average molecular weight is 914 g/mol. The lowest BCUT2D eigenvalue weighted by Crippen LogP contribution is -1.99. The monoisotopic (exact) mass is 913 g/mol. The summed E-state index contributed by atoms with van der Waals surface area (Å²) in [5, 5.41) is 14.4. The molecule has 15 aromatic rings. The van der Waals surface area contributed by atoms with Crippen LogP contribution in [0, 0.1) is 0 Å². The standard InChI is InChI=1S/C70H43NO/c1-4-18-44(19-5-1)47-33-37-63-60(40-47)61-41-48(45-20-6-2-7-21-45)34-38-64(61)71(63)70-58-30-16-14-28-56(58)68(57-29-15-17-31-59(57)70)49-35-39-65-62(42-49)51-36-32-50(43-66(51)72-65)69-54-26-12-10-24-52(54)67(46-22-8-3-9-23-46)53-25-11-13-27-55(53)69/h1-43H. The molecule has 2 heterocycles. The Hall–Kier alpha value is -9.50. The SMILES string of the molecule is c1ccc(-c2ccc3c(c2)c2cc(-c4ccccc4)ccc2n3-c2c3ccccc3c(-c3ccc4oc5cc(-c6c7ccccc7c(-c7ccccc7)c7ccccc67)ccc5c4c3)c3ccccc23)cc1. The lowest BCUT2D eigenvalue weighted by atomic mass is 9.86. The molecule has 0 spiro atoms. The average Bonchev–Trinajstić information content (AvgIpc) is 3.98. The van der Waals surface area contributed by atoms with Crippen molar-refractivity contribution in [2.75, 3.05) is 0 Å². The lowest BCUT2D eigenvalue weighted by molar-refractivity contribution is 0.669. The van der Waals surface area contributed by atoms with Gasteiger partial charge in [-0.2, -0.15) is 0 Å². The summed E-state index contributed by atoms with van der Waals surface area (Å²) in [6, 6.07) is 95.4. The number of hydrogen-bond donors (Lipinski definition) is 0. The van der Waals surface area contributed by atoms with Crippen molar-refractivity contribution in [1.29, 1.82) is 0 Å². The normalized spacial score (nSPS) is 11.9. The van der Waals surface area contributed by atoms with Gasteiger partial charge < -0.3 is 8.98 Å². The van der Waals surface area contributed by atoms with Crippen LogP contribution in [0.25, 0.3) is 148 Å². The van der Waals surface area contributed by atoms with Crippen LogP contribution in [0.3, 0.4) is 0 Å². The van der Waals surface area contributed by atoms with E-state index in [1.165, 1.54) is 115 Å². The molecule has 0 fully saturated rings. The Bertz CT molecular complexity index is 4450. The van der Waals surface area contributed by atoms with Crippen LogP contribution < -0.4 is 0 Å². The van der Waals surface area contributed by atoms with Gasteiger partial charge in [0.2, 0.25) is 0 Å². The second-order valence-corrected chi connectivity index (χ2v) is 19.1. The summed E-state index contributed by atoms with van der Waals surface area (Å²) >= 11 is 0. The molecule has 0 aliphatic rings. The van der Waals surface area contributed by atoms with Crippen molar-refractivity contribution in [3.63, 3.8) is 0 Å². The Balaban J connectivity index is 0.927. The summed E-state index contributed by atoms with van der Waals surface area (Å²) in [4.78, 5) is 0. The number of aromatic nitrogens is 1. The van der Waals surface area contributed by atoms with Crippen molar-refractivity contribution < 1.29 is 4.42 Å². The van der Waals surface area contributed by atoms with Crippen LogP contribution in [0.2, 0.25) is 0 Å². The first-order valence-corrected chi connectivity index (χ1v) is 24.8. The van der Waals surface area contributed by atoms with Crippen LogP contribution >= 0.6 is 0 Å². The molecule has 0 N–H and O–H groups in total. The van der Waals surface area contributed by atoms with Crippen molar-refractivity contribution in [2.45, 2.75) is 0 Å². The van der Waals surface area contributed by atoms with E-state index in [1.54, 1.807) is 0 Å². The predicted octanol–water partition coefficient (Wildman–Crippen LogP) is 19.6. The van der Waals surface area contributed by atoms with Gasteiger partial charge in [0.15, 0.2) is 0 Å². The molecule has 0 aliphatic heterocycles. The highest BCUT2D eigenvalue weighted by Gasteiger charge is 2.23. The van der Waals surface area contributed by atoms with Gasteiger partial charge in [0, 0.05) is 32.3 Å². The second-order valence-electron chi connectivity index (χ2n) is 19.1. The minimum Gasteiger partial charge on any atom is -0.456 e. The molecular formula is C70H43NO. The summed E-state index contributed by atoms with van der Waals surface area (Å²) in [6.07, 6.45) is 0. The second kappa shape index (κ2) is 16.0. The predicted molar refractivity (Wildman–Crippen MR) is 305 cm³/mol. The minimum absolute atomic E-state index is 0.875. The summed E-state index contributed by atoms with van der Waals surface area (Å²) in [7, 11) is 0. The topological polar surface area (TPSA) is 18.1 Å². The van der Waals surface area contributed by atoms with E-state index in [9.17, 15) is 0 Å². The van der Waals surface area contributed by atoms with E-state index >= 15 is 0 Å². The van der Waals surface area contributed by atoms with Gasteiger partial charge in [-0.05, 0) is 136 Å². The molecule has 2 heteroatoms. The highest BCUT2D eigenvalue weighted by Crippen LogP contribution is 2.48. The molecule has 334 valence electrons. The molecule has 2 aromatic heterocycles. The Kier molecular flexibility index (Phi) is 8.99. The van der Waals surface area contributed by atoms with Gasteiger partial charge in [0.25, 0.3) is 0 Å². The molecule has 0 saturated carbocycles. The highest BCUT2D eigenvalue weighted by atomic mass is 16.3. The number of rotatable bonds is 6. The molecule has 72 heavy (non-hydrogen) atoms. The molecule has 13 aromatic carbocycles. The van der Waals surface area contributed by atoms with Crippen LogP contribution in [0.1, 0.15) is 0 Å². The summed E-state index contributed by atoms with van der Waals surface area (Å²) in [5.41, 5.74) is 17.3. The fourth-order valence-electron chi connectivity index (χ4n) is 12.0. The molecule has 0 radical (unpaired) electrons. The van der Waals surface area contributed by atoms with Gasteiger partial charge in [-0.3, -0.25) is 0 Å². The largest absolute Gasteiger partial charge is 0.456 e. The van der Waals surface area contributed by atoms with Crippen LogP contribution in [-0.4, -0.2) is 4.57 Å². The van der Waals surface area contributed by atoms with Crippen molar-refractivity contribution in [2.24, 2.45) is 0 Å². The molecule has 0 amide bonds. The fourth-order valence-corrected chi connectivity index (χ4v) is 12.0. The number of nitrogens with zero attached hydrogens (tertiary/aromatic N) is 1. The highest BCUT2D eigenvalue weighted by molar-refractivity contribution is 6.24. The maximum absolute atomic E-state index is 6.82. The fraction of sp³-hybridized carbons (Fsp3) is 0. The third kappa shape index (κ3) is 6.16. The quantitative estimate of drug-likeness (QED) is 0.152. The molecule has 0 aliphatic carbocycles. The van der Waals surface area contributed by atoms with Crippen LogP contribution in [0.4, 0.5) is 0 Å². The summed E-state index contributed by atoms with van der Waals surface area (Å²) in [5.74, 6) is 0. The number of furan rings is 1. The zero-order valence-electron chi connectivity index (χ0n) is 39.2. The first-order valence-electron chi connectivity index (χ1n) is 24.8. The lowest BCUT2D eigenvalue weighted by Gasteiger charge is -2.19. The Morgan fingerprint density at radius 1 is 0.208 bits per heavy atom. The molecule has 0 atom stereocenters. The van der Waals surface area contributed by atoms with Crippen molar-refractivity contribution in [3.05, 3.63) is 261 Å².